The number of benzene rings is 2. The number of rotatable bonds is 14. The van der Waals surface area contributed by atoms with E-state index in [1.807, 2.05) is 9.80 Å². The summed E-state index contributed by atoms with van der Waals surface area (Å²) in [5.41, 5.74) is 20.7. The minimum absolute atomic E-state index is 0.00201. The predicted octanol–water partition coefficient (Wildman–Crippen LogP) is 14.5. The Hall–Kier alpha value is -6.58. The van der Waals surface area contributed by atoms with Crippen LogP contribution in [0.4, 0.5) is 9.59 Å². The highest BCUT2D eigenvalue weighted by Crippen LogP contribution is 2.48. The molecular formula is C70H104N8O8. The number of carbonyl (C=O) groups excluding carboxylic acids is 4. The molecule has 4 aliphatic carbocycles. The summed E-state index contributed by atoms with van der Waals surface area (Å²) in [5, 5.41) is 5.14. The number of hydrogen-bond acceptors (Lipinski definition) is 10. The summed E-state index contributed by atoms with van der Waals surface area (Å²) in [7, 11) is 0. The molecule has 4 aromatic rings. The number of hydrogen-bond donors (Lipinski definition) is 4. The third kappa shape index (κ3) is 18.2. The number of alkyl carbamates (subject to hydrolysis) is 2. The molecule has 472 valence electrons. The molecule has 6 N–H and O–H groups in total. The molecule has 4 amide bonds. The maximum atomic E-state index is 13.8. The maximum absolute atomic E-state index is 13.8. The second kappa shape index (κ2) is 27.2. The molecule has 0 aliphatic heterocycles. The third-order valence-electron chi connectivity index (χ3n) is 18.5. The van der Waals surface area contributed by atoms with Crippen molar-refractivity contribution < 1.29 is 37.5 Å². The first kappa shape index (κ1) is 66.9. The lowest BCUT2D eigenvalue weighted by Gasteiger charge is -2.42. The van der Waals surface area contributed by atoms with Crippen LogP contribution in [0, 0.1) is 37.5 Å². The molecule has 2 fully saturated rings. The van der Waals surface area contributed by atoms with Crippen molar-refractivity contribution in [2.45, 2.75) is 234 Å². The zero-order valence-electron chi connectivity index (χ0n) is 55.0. The van der Waals surface area contributed by atoms with Gasteiger partial charge in [0, 0.05) is 39.3 Å². The molecule has 86 heavy (non-hydrogen) atoms. The van der Waals surface area contributed by atoms with Crippen LogP contribution in [0.15, 0.2) is 79.9 Å². The van der Waals surface area contributed by atoms with Crippen molar-refractivity contribution in [1.29, 1.82) is 0 Å². The van der Waals surface area contributed by atoms with Crippen LogP contribution in [0.25, 0.3) is 0 Å². The molecule has 16 nitrogen and oxygen atoms in total. The van der Waals surface area contributed by atoms with Crippen LogP contribution in [-0.4, -0.2) is 83.1 Å². The maximum Gasteiger partial charge on any atom is 0.414 e. The van der Waals surface area contributed by atoms with Gasteiger partial charge in [-0.3, -0.25) is 30.2 Å². The molecule has 2 aromatic carbocycles. The first-order valence-corrected chi connectivity index (χ1v) is 31.6. The van der Waals surface area contributed by atoms with Gasteiger partial charge in [-0.1, -0.05) is 79.7 Å². The first-order valence-electron chi connectivity index (χ1n) is 31.6. The van der Waals surface area contributed by atoms with Gasteiger partial charge in [-0.05, 0) is 247 Å². The highest BCUT2D eigenvalue weighted by molar-refractivity contribution is 6.01. The number of carbonyl (C=O) groups is 4. The quantitative estimate of drug-likeness (QED) is 0.0691. The van der Waals surface area contributed by atoms with Crippen LogP contribution in [0.1, 0.15) is 240 Å². The number of fused-ring (bicyclic) bond motifs is 2. The standard InChI is InChI=1S/C40H60N4O6.C30H44N4O2/c1-26-21-30-31(40(10,11)19-18-39(30,8)9)22-29(26)25-44(33(45)32-13-12-20-48-32)24-28-16-14-27(15-17-28)23-41-34(42-35(46)49-37(2,3)4)43-36(47)50-38(5,6)7;1-20-15-24-25(30(4,5)13-12-29(24,2)3)16-23(20)19-34(27(35)26-7-6-14-36-26)18-22-10-8-21(9-11-22)17-33-28(31)32/h12-13,20-22,27-28H,14-19,23-25H2,1-11H3,(H2,41,42,43,46,47);6-7,14-16,21-22H,8-13,17-19H2,1-5H3,(H4,31,32,33). The van der Waals surface area contributed by atoms with Gasteiger partial charge in [-0.25, -0.2) is 9.59 Å². The first-order chi connectivity index (χ1) is 40.1. The Morgan fingerprint density at radius 3 is 1.17 bits per heavy atom. The molecule has 0 unspecified atom stereocenters. The van der Waals surface area contributed by atoms with Gasteiger partial charge in [-0.2, -0.15) is 0 Å². The van der Waals surface area contributed by atoms with Crippen molar-refractivity contribution in [1.82, 2.24) is 20.4 Å². The van der Waals surface area contributed by atoms with Gasteiger partial charge in [0.15, 0.2) is 17.5 Å². The van der Waals surface area contributed by atoms with Crippen molar-refractivity contribution in [3.63, 3.8) is 0 Å². The van der Waals surface area contributed by atoms with E-state index in [0.29, 0.717) is 62.0 Å². The number of aliphatic imine (C=N–C) groups is 2. The van der Waals surface area contributed by atoms with Gasteiger partial charge in [-0.15, -0.1) is 0 Å². The summed E-state index contributed by atoms with van der Waals surface area (Å²) in [4.78, 5) is 65.2. The lowest BCUT2D eigenvalue weighted by molar-refractivity contribution is 0.0541. The summed E-state index contributed by atoms with van der Waals surface area (Å²) in [6.07, 6.45) is 14.4. The minimum Gasteiger partial charge on any atom is -0.459 e. The van der Waals surface area contributed by atoms with Crippen LogP contribution in [0.3, 0.4) is 0 Å². The summed E-state index contributed by atoms with van der Waals surface area (Å²) in [5.74, 6) is 2.37. The number of guanidine groups is 2. The van der Waals surface area contributed by atoms with Crippen molar-refractivity contribution >= 4 is 35.9 Å². The number of nitrogens with one attached hydrogen (secondary N) is 2. The molecular weight excluding hydrogens is 1080 g/mol. The molecule has 4 aliphatic rings. The lowest BCUT2D eigenvalue weighted by Crippen LogP contribution is -2.47. The summed E-state index contributed by atoms with van der Waals surface area (Å²) >= 11 is 0. The van der Waals surface area contributed by atoms with Crippen LogP contribution in [0.5, 0.6) is 0 Å². The van der Waals surface area contributed by atoms with Crippen molar-refractivity contribution in [2.75, 3.05) is 26.2 Å². The van der Waals surface area contributed by atoms with Crippen molar-refractivity contribution in [3.05, 3.63) is 117 Å². The lowest BCUT2D eigenvalue weighted by atomic mass is 9.62. The van der Waals surface area contributed by atoms with Crippen LogP contribution >= 0.6 is 0 Å². The second-order valence-electron chi connectivity index (χ2n) is 30.0. The van der Waals surface area contributed by atoms with E-state index >= 15 is 0 Å². The summed E-state index contributed by atoms with van der Waals surface area (Å²) in [6.45, 7) is 37.3. The second-order valence-corrected chi connectivity index (χ2v) is 30.0. The van der Waals surface area contributed by atoms with E-state index in [0.717, 1.165) is 70.8 Å². The molecule has 16 heteroatoms. The topological polar surface area (TPSA) is 220 Å². The zero-order valence-corrected chi connectivity index (χ0v) is 55.0. The van der Waals surface area contributed by atoms with E-state index in [1.54, 1.807) is 78.3 Å². The van der Waals surface area contributed by atoms with Gasteiger partial charge >= 0.3 is 12.2 Å². The van der Waals surface area contributed by atoms with E-state index in [9.17, 15) is 19.2 Å². The SMILES string of the molecule is Cc1cc2c(cc1CN(CC1CCC(CN=C(N)N)CC1)C(=O)c1ccco1)C(C)(C)CCC2(C)C.Cc1cc2c(cc1CN(CC1CCC(CN=C(NC(=O)OC(C)(C)C)NC(=O)OC(C)(C)C)CC1)C(=O)c1ccco1)C(C)(C)CCC2(C)C. The van der Waals surface area contributed by atoms with E-state index in [4.69, 9.17) is 29.8 Å². The monoisotopic (exact) mass is 1180 g/mol. The van der Waals surface area contributed by atoms with Crippen molar-refractivity contribution in [3.8, 4) is 0 Å². The average molecular weight is 1190 g/mol. The minimum atomic E-state index is -0.711. The summed E-state index contributed by atoms with van der Waals surface area (Å²) < 4.78 is 21.9. The number of furan rings is 2. The largest absolute Gasteiger partial charge is 0.459 e. The Morgan fingerprint density at radius 1 is 0.535 bits per heavy atom. The Kier molecular flexibility index (Phi) is 21.2. The van der Waals surface area contributed by atoms with E-state index < -0.39 is 23.4 Å². The molecule has 0 bridgehead atoms. The Labute approximate surface area is 513 Å². The molecule has 0 saturated heterocycles. The molecule has 2 heterocycles. The van der Waals surface area contributed by atoms with E-state index in [2.05, 4.69) is 114 Å². The highest BCUT2D eigenvalue weighted by Gasteiger charge is 2.40. The van der Waals surface area contributed by atoms with Crippen LogP contribution in [-0.2, 0) is 44.2 Å². The summed E-state index contributed by atoms with van der Waals surface area (Å²) in [6, 6.07) is 16.5. The molecule has 0 spiro atoms. The number of aryl methyl sites for hydroxylation is 2. The van der Waals surface area contributed by atoms with Crippen molar-refractivity contribution in [2.24, 2.45) is 45.1 Å². The normalized spacial score (nSPS) is 20.9. The van der Waals surface area contributed by atoms with Crippen LogP contribution < -0.4 is 22.1 Å². The van der Waals surface area contributed by atoms with Gasteiger partial charge in [0.05, 0.1) is 12.5 Å². The average Bonchev–Trinajstić information content (AvgIpc) is 0.912. The van der Waals surface area contributed by atoms with Gasteiger partial charge in [0.2, 0.25) is 5.96 Å². The smallest absolute Gasteiger partial charge is 0.414 e. The fourth-order valence-electron chi connectivity index (χ4n) is 13.0. The predicted molar refractivity (Wildman–Crippen MR) is 342 cm³/mol. The Morgan fingerprint density at radius 2 is 0.860 bits per heavy atom. The zero-order chi connectivity index (χ0) is 63.2. The number of nitrogens with zero attached hydrogens (tertiary/aromatic N) is 4. The fraction of sp³-hybridized carbons (Fsp3) is 0.629. The Balaban J connectivity index is 0.000000259. The van der Waals surface area contributed by atoms with E-state index in [1.165, 1.54) is 57.3 Å². The molecule has 8 rings (SSSR count). The van der Waals surface area contributed by atoms with Gasteiger partial charge in [0.1, 0.15) is 11.2 Å². The molecule has 0 radical (unpaired) electrons. The fourth-order valence-corrected chi connectivity index (χ4v) is 13.0. The van der Waals surface area contributed by atoms with Gasteiger partial charge in [0.25, 0.3) is 11.8 Å². The van der Waals surface area contributed by atoms with Gasteiger partial charge < -0.3 is 39.6 Å². The van der Waals surface area contributed by atoms with Crippen LogP contribution in [0.2, 0.25) is 0 Å². The highest BCUT2D eigenvalue weighted by atomic mass is 16.6. The Bertz CT molecular complexity index is 3000. The third-order valence-corrected chi connectivity index (χ3v) is 18.5. The molecule has 2 saturated carbocycles. The van der Waals surface area contributed by atoms with E-state index in [-0.39, 0.29) is 51.3 Å². The number of ether oxygens (including phenoxy) is 2. The molecule has 2 aromatic heterocycles. The molecule has 0 atom stereocenters. The number of amides is 4. The number of nitrogens with two attached hydrogens (primary N) is 2.